The number of hydrogen-bond acceptors (Lipinski definition) is 13. The molecule has 5 amide bonds. The Hall–Kier alpha value is -6.02. The Morgan fingerprint density at radius 2 is 1.48 bits per heavy atom. The molecule has 346 valence electrons. The second-order valence-corrected chi connectivity index (χ2v) is 18.4. The number of likely N-dealkylation sites (tertiary alicyclic amines) is 2. The van der Waals surface area contributed by atoms with E-state index >= 15 is 0 Å². The van der Waals surface area contributed by atoms with Crippen LogP contribution in [0.15, 0.2) is 67.1 Å². The number of alkyl halides is 3. The summed E-state index contributed by atoms with van der Waals surface area (Å²) in [5.74, 6) is -1.96. The van der Waals surface area contributed by atoms with E-state index in [1.807, 2.05) is 21.8 Å². The summed E-state index contributed by atoms with van der Waals surface area (Å²) in [4.78, 5) is 79.2. The fourth-order valence-corrected chi connectivity index (χ4v) is 10.4. The second kappa shape index (κ2) is 17.7. The van der Waals surface area contributed by atoms with E-state index in [-0.39, 0.29) is 30.2 Å². The Labute approximate surface area is 383 Å². The lowest BCUT2D eigenvalue weighted by Crippen LogP contribution is -2.62. The number of aromatic nitrogens is 3. The van der Waals surface area contributed by atoms with Gasteiger partial charge in [-0.1, -0.05) is 0 Å². The fraction of sp³-hybridized carbons (Fsp3) is 0.457. The van der Waals surface area contributed by atoms with Crippen molar-refractivity contribution in [2.45, 2.75) is 80.8 Å². The number of amides is 5. The highest BCUT2D eigenvalue weighted by atomic mass is 35.5. The minimum Gasteiger partial charge on any atom is -0.420 e. The zero-order valence-electron chi connectivity index (χ0n) is 36.0. The standard InChI is InChI=1S/C46H49ClF2N10O7/c47-46(48,49)66-35-4-1-29(2-5-35)52-42(62)27-19-37(41(50-21-27)56-18-13-34(60)26-56)28-22-51-58(23-28)31-11-16-54(17-12-31)30-9-14-55(15-10-30)33-24-57(25-33)32-3-6-36-38(20-32)45(65)59(44(36)64)39-7-8-40(61)53-43(39)63/h1-6,19-23,30-31,33-34,39,60H,7-18,24-26H2,(H,52,62)(H,53,61,63)/t34-,39?/m1/s1. The third kappa shape index (κ3) is 8.83. The monoisotopic (exact) mass is 926 g/mol. The van der Waals surface area contributed by atoms with Gasteiger partial charge in [0.05, 0.1) is 35.0 Å². The first-order valence-electron chi connectivity index (χ1n) is 22.5. The maximum Gasteiger partial charge on any atom is 0.487 e. The number of anilines is 3. The van der Waals surface area contributed by atoms with E-state index in [2.05, 4.69) is 30.1 Å². The van der Waals surface area contributed by atoms with Crippen LogP contribution in [0.2, 0.25) is 0 Å². The van der Waals surface area contributed by atoms with Crippen molar-refractivity contribution in [2.75, 3.05) is 67.5 Å². The number of carbonyl (C=O) groups is 5. The lowest BCUT2D eigenvalue weighted by Gasteiger charge is -2.50. The molecule has 6 aliphatic heterocycles. The van der Waals surface area contributed by atoms with E-state index in [9.17, 15) is 37.9 Å². The van der Waals surface area contributed by atoms with Gasteiger partial charge in [-0.05, 0) is 87.1 Å². The van der Waals surface area contributed by atoms with E-state index in [0.717, 1.165) is 81.1 Å². The SMILES string of the molecule is O=C1CCC(N2C(=O)c3ccc(N4CC(N5CCC(N6CCC(n7cc(-c8cc(C(=O)Nc9ccc(OC(F)(F)Cl)cc9)cnc8N8CC[C@@H](O)C8)cn7)CC6)CC5)C4)cc3C2=O)C(=O)N1. The number of nitrogens with one attached hydrogen (secondary N) is 2. The van der Waals surface area contributed by atoms with Crippen LogP contribution in [0.5, 0.6) is 5.75 Å². The summed E-state index contributed by atoms with van der Waals surface area (Å²) in [6.07, 6.45) is 9.67. The minimum absolute atomic E-state index is 0.0795. The van der Waals surface area contributed by atoms with Gasteiger partial charge in [0.2, 0.25) is 11.8 Å². The van der Waals surface area contributed by atoms with Crippen molar-refractivity contribution in [3.8, 4) is 16.9 Å². The van der Waals surface area contributed by atoms with Gasteiger partial charge in [-0.15, -0.1) is 8.78 Å². The highest BCUT2D eigenvalue weighted by molar-refractivity contribution is 6.24. The summed E-state index contributed by atoms with van der Waals surface area (Å²) in [5, 5.41) is 20.2. The van der Waals surface area contributed by atoms with Gasteiger partial charge < -0.3 is 29.9 Å². The first kappa shape index (κ1) is 43.9. The molecule has 2 atom stereocenters. The molecule has 2 aromatic heterocycles. The topological polar surface area (TPSA) is 186 Å². The molecule has 10 rings (SSSR count). The fourth-order valence-electron chi connectivity index (χ4n) is 10.3. The predicted octanol–water partition coefficient (Wildman–Crippen LogP) is 4.33. The van der Waals surface area contributed by atoms with Gasteiger partial charge in [-0.3, -0.25) is 43.8 Å². The lowest BCUT2D eigenvalue weighted by molar-refractivity contribution is -0.136. The minimum atomic E-state index is -3.85. The predicted molar refractivity (Wildman–Crippen MR) is 238 cm³/mol. The Morgan fingerprint density at radius 1 is 0.788 bits per heavy atom. The molecular weight excluding hydrogens is 878 g/mol. The Morgan fingerprint density at radius 3 is 2.17 bits per heavy atom. The molecule has 1 unspecified atom stereocenters. The average Bonchev–Trinajstić information content (AvgIpc) is 4.02. The summed E-state index contributed by atoms with van der Waals surface area (Å²) in [6, 6.07) is 12.6. The molecule has 0 saturated carbocycles. The highest BCUT2D eigenvalue weighted by Crippen LogP contribution is 2.37. The molecule has 0 aliphatic carbocycles. The molecular formula is C46H49ClF2N10O7. The van der Waals surface area contributed by atoms with Crippen molar-refractivity contribution in [1.82, 2.24) is 34.8 Å². The van der Waals surface area contributed by atoms with Crippen LogP contribution in [0.3, 0.4) is 0 Å². The van der Waals surface area contributed by atoms with Gasteiger partial charge in [0.1, 0.15) is 17.6 Å². The average molecular weight is 927 g/mol. The van der Waals surface area contributed by atoms with Gasteiger partial charge in [0.25, 0.3) is 17.7 Å². The van der Waals surface area contributed by atoms with Crippen molar-refractivity contribution < 1.29 is 42.6 Å². The number of aliphatic hydroxyl groups is 1. The van der Waals surface area contributed by atoms with Crippen LogP contribution in [-0.2, 0) is 9.59 Å². The van der Waals surface area contributed by atoms with Gasteiger partial charge in [-0.25, -0.2) is 4.98 Å². The molecule has 66 heavy (non-hydrogen) atoms. The number of imide groups is 2. The number of fused-ring (bicyclic) bond motifs is 1. The molecule has 8 heterocycles. The Kier molecular flexibility index (Phi) is 11.7. The van der Waals surface area contributed by atoms with Crippen LogP contribution in [0.25, 0.3) is 11.1 Å². The molecule has 20 heteroatoms. The van der Waals surface area contributed by atoms with E-state index in [1.54, 1.807) is 24.4 Å². The number of piperidine rings is 3. The first-order chi connectivity index (χ1) is 31.7. The van der Waals surface area contributed by atoms with Crippen LogP contribution < -0.4 is 25.2 Å². The van der Waals surface area contributed by atoms with E-state index in [4.69, 9.17) is 21.7 Å². The number of pyridine rings is 1. The zero-order chi connectivity index (χ0) is 45.9. The molecule has 3 N–H and O–H groups in total. The van der Waals surface area contributed by atoms with E-state index in [0.29, 0.717) is 59.8 Å². The van der Waals surface area contributed by atoms with Gasteiger partial charge >= 0.3 is 5.57 Å². The quantitative estimate of drug-likeness (QED) is 0.143. The summed E-state index contributed by atoms with van der Waals surface area (Å²) in [7, 11) is 0. The lowest BCUT2D eigenvalue weighted by atomic mass is 9.95. The summed E-state index contributed by atoms with van der Waals surface area (Å²) >= 11 is 4.87. The highest BCUT2D eigenvalue weighted by Gasteiger charge is 2.45. The Bertz CT molecular complexity index is 2550. The number of halogens is 3. The molecule has 5 saturated heterocycles. The summed E-state index contributed by atoms with van der Waals surface area (Å²) in [5.41, 5.74) is -0.228. The number of rotatable bonds is 11. The first-order valence-corrected chi connectivity index (χ1v) is 22.9. The molecule has 0 spiro atoms. The van der Waals surface area contributed by atoms with Crippen LogP contribution in [0, 0.1) is 0 Å². The van der Waals surface area contributed by atoms with E-state index in [1.165, 1.54) is 30.5 Å². The van der Waals surface area contributed by atoms with E-state index < -0.39 is 47.2 Å². The molecule has 5 fully saturated rings. The number of benzene rings is 2. The van der Waals surface area contributed by atoms with Crippen molar-refractivity contribution in [1.29, 1.82) is 0 Å². The van der Waals surface area contributed by atoms with Crippen LogP contribution in [-0.4, -0.2) is 146 Å². The third-order valence-electron chi connectivity index (χ3n) is 13.9. The number of carbonyl (C=O) groups excluding carboxylic acids is 5. The molecule has 6 aliphatic rings. The van der Waals surface area contributed by atoms with Crippen molar-refractivity contribution in [3.05, 3.63) is 83.8 Å². The van der Waals surface area contributed by atoms with Gasteiger partial charge in [-0.2, -0.15) is 5.10 Å². The zero-order valence-corrected chi connectivity index (χ0v) is 36.7. The number of ether oxygens (including phenoxy) is 1. The molecule has 0 bridgehead atoms. The van der Waals surface area contributed by atoms with Crippen LogP contribution in [0.1, 0.15) is 82.1 Å². The van der Waals surface area contributed by atoms with Crippen molar-refractivity contribution in [2.24, 2.45) is 0 Å². The summed E-state index contributed by atoms with van der Waals surface area (Å²) in [6.45, 7) is 6.60. The number of β-amino-alcohol motifs (C(OH)–C–C–N with tert-alkyl or cyclic N) is 1. The largest absolute Gasteiger partial charge is 0.487 e. The molecule has 17 nitrogen and oxygen atoms in total. The second-order valence-electron chi connectivity index (χ2n) is 18.0. The normalized spacial score (nSPS) is 22.8. The molecule has 2 aromatic carbocycles. The Balaban J connectivity index is 0.720. The number of aliphatic hydroxyl groups excluding tert-OH is 1. The third-order valence-corrected chi connectivity index (χ3v) is 14.0. The maximum atomic E-state index is 13.4. The van der Waals surface area contributed by atoms with Gasteiger partial charge in [0, 0.05) is 117 Å². The van der Waals surface area contributed by atoms with Crippen molar-refractivity contribution >= 4 is 58.3 Å². The number of nitrogens with zero attached hydrogens (tertiary/aromatic N) is 8. The van der Waals surface area contributed by atoms with Crippen LogP contribution >= 0.6 is 11.6 Å². The maximum absolute atomic E-state index is 13.4. The van der Waals surface area contributed by atoms with Gasteiger partial charge in [0.15, 0.2) is 0 Å². The smallest absolute Gasteiger partial charge is 0.420 e. The number of hydrogen-bond donors (Lipinski definition) is 3. The summed E-state index contributed by atoms with van der Waals surface area (Å²) < 4.78 is 32.5. The molecule has 0 radical (unpaired) electrons. The van der Waals surface area contributed by atoms with Crippen LogP contribution in [0.4, 0.5) is 26.0 Å². The molecule has 4 aromatic rings. The van der Waals surface area contributed by atoms with Crippen molar-refractivity contribution in [3.63, 3.8) is 0 Å².